The van der Waals surface area contributed by atoms with Crippen LogP contribution in [0.2, 0.25) is 0 Å². The maximum absolute atomic E-state index is 13.2. The number of carbonyl (C=O) groups excluding carboxylic acids is 3. The maximum Gasteiger partial charge on any atom is 0.416 e. The van der Waals surface area contributed by atoms with Crippen molar-refractivity contribution in [1.82, 2.24) is 15.1 Å². The standard InChI is InChI=1S/C28H34F3N5O3/c1-19(2)20-6-8-22(9-7-20)33-25(37)17-24-27(39)32-10-11-36(24)26(38)18-34-12-14-35(15-13-34)23-5-3-4-21(16-23)28(29,30)31/h3-9,16,19,24H,10-15,17-18H2,1-2H3,(H,32,39)(H,33,37)/t24-/m0/s1. The van der Waals surface area contributed by atoms with Crippen LogP contribution in [0.4, 0.5) is 24.5 Å². The number of alkyl halides is 3. The van der Waals surface area contributed by atoms with Crippen LogP contribution in [0.15, 0.2) is 48.5 Å². The van der Waals surface area contributed by atoms with Gasteiger partial charge < -0.3 is 20.4 Å². The molecule has 2 saturated heterocycles. The van der Waals surface area contributed by atoms with E-state index in [1.165, 1.54) is 11.0 Å². The minimum Gasteiger partial charge on any atom is -0.369 e. The van der Waals surface area contributed by atoms with Gasteiger partial charge in [-0.1, -0.05) is 32.0 Å². The van der Waals surface area contributed by atoms with Crippen LogP contribution in [0, 0.1) is 0 Å². The molecular formula is C28H34F3N5O3. The van der Waals surface area contributed by atoms with Crippen molar-refractivity contribution in [3.8, 4) is 0 Å². The fraction of sp³-hybridized carbons (Fsp3) is 0.464. The van der Waals surface area contributed by atoms with E-state index in [9.17, 15) is 27.6 Å². The molecular weight excluding hydrogens is 511 g/mol. The molecule has 3 amide bonds. The van der Waals surface area contributed by atoms with Gasteiger partial charge in [-0.3, -0.25) is 19.3 Å². The average molecular weight is 546 g/mol. The van der Waals surface area contributed by atoms with E-state index in [-0.39, 0.29) is 30.7 Å². The molecule has 2 aromatic carbocycles. The minimum absolute atomic E-state index is 0.0680. The number of rotatable bonds is 7. The van der Waals surface area contributed by atoms with Crippen LogP contribution in [0.3, 0.4) is 0 Å². The van der Waals surface area contributed by atoms with Crippen molar-refractivity contribution in [3.05, 3.63) is 59.7 Å². The Morgan fingerprint density at radius 3 is 2.36 bits per heavy atom. The Kier molecular flexibility index (Phi) is 8.79. The molecule has 2 aromatic rings. The first-order valence-corrected chi connectivity index (χ1v) is 13.1. The number of nitrogens with zero attached hydrogens (tertiary/aromatic N) is 3. The van der Waals surface area contributed by atoms with Crippen molar-refractivity contribution in [2.24, 2.45) is 0 Å². The van der Waals surface area contributed by atoms with Gasteiger partial charge in [-0.15, -0.1) is 0 Å². The van der Waals surface area contributed by atoms with E-state index >= 15 is 0 Å². The summed E-state index contributed by atoms with van der Waals surface area (Å²) in [4.78, 5) is 43.8. The topological polar surface area (TPSA) is 85.0 Å². The Balaban J connectivity index is 1.32. The van der Waals surface area contributed by atoms with Gasteiger partial charge in [0.05, 0.1) is 18.5 Å². The summed E-state index contributed by atoms with van der Waals surface area (Å²) in [6.07, 6.45) is -4.57. The molecule has 2 fully saturated rings. The van der Waals surface area contributed by atoms with E-state index in [2.05, 4.69) is 24.5 Å². The van der Waals surface area contributed by atoms with Gasteiger partial charge in [-0.2, -0.15) is 13.2 Å². The first kappa shape index (κ1) is 28.4. The van der Waals surface area contributed by atoms with Crippen LogP contribution >= 0.6 is 0 Å². The van der Waals surface area contributed by atoms with Gasteiger partial charge in [0.25, 0.3) is 0 Å². The largest absolute Gasteiger partial charge is 0.416 e. The van der Waals surface area contributed by atoms with Gasteiger partial charge in [0.2, 0.25) is 17.7 Å². The van der Waals surface area contributed by atoms with Crippen LogP contribution in [0.1, 0.15) is 37.3 Å². The number of nitrogens with one attached hydrogen (secondary N) is 2. The summed E-state index contributed by atoms with van der Waals surface area (Å²) in [5.74, 6) is -0.614. The summed E-state index contributed by atoms with van der Waals surface area (Å²) in [7, 11) is 0. The molecule has 4 rings (SSSR count). The molecule has 210 valence electrons. The number of carbonyl (C=O) groups is 3. The number of anilines is 2. The summed E-state index contributed by atoms with van der Waals surface area (Å²) in [5, 5.41) is 5.54. The number of amides is 3. The summed E-state index contributed by atoms with van der Waals surface area (Å²) in [6, 6.07) is 11.8. The van der Waals surface area contributed by atoms with Crippen molar-refractivity contribution >= 4 is 29.1 Å². The lowest BCUT2D eigenvalue weighted by atomic mass is 10.0. The fourth-order valence-electron chi connectivity index (χ4n) is 4.88. The van der Waals surface area contributed by atoms with E-state index in [1.807, 2.05) is 34.1 Å². The van der Waals surface area contributed by atoms with Crippen LogP contribution < -0.4 is 15.5 Å². The van der Waals surface area contributed by atoms with E-state index < -0.39 is 17.8 Å². The molecule has 1 atom stereocenters. The Bertz CT molecular complexity index is 1180. The SMILES string of the molecule is CC(C)c1ccc(NC(=O)C[C@H]2C(=O)NCCN2C(=O)CN2CCN(c3cccc(C(F)(F)F)c3)CC2)cc1. The zero-order chi connectivity index (χ0) is 28.2. The molecule has 0 aromatic heterocycles. The first-order chi connectivity index (χ1) is 18.5. The minimum atomic E-state index is -4.41. The summed E-state index contributed by atoms with van der Waals surface area (Å²) < 4.78 is 39.2. The zero-order valence-electron chi connectivity index (χ0n) is 22.1. The fourth-order valence-corrected chi connectivity index (χ4v) is 4.88. The molecule has 0 bridgehead atoms. The van der Waals surface area contributed by atoms with Crippen molar-refractivity contribution in [2.45, 2.75) is 38.4 Å². The lowest BCUT2D eigenvalue weighted by Gasteiger charge is -2.39. The Labute approximate surface area is 226 Å². The summed E-state index contributed by atoms with van der Waals surface area (Å²) in [5.41, 5.74) is 1.57. The molecule has 2 aliphatic heterocycles. The molecule has 2 aliphatic rings. The number of hydrogen-bond acceptors (Lipinski definition) is 5. The lowest BCUT2D eigenvalue weighted by Crippen LogP contribution is -2.60. The molecule has 2 heterocycles. The number of hydrogen-bond donors (Lipinski definition) is 2. The summed E-state index contributed by atoms with van der Waals surface area (Å²) in [6.45, 7) is 6.75. The van der Waals surface area contributed by atoms with Crippen LogP contribution in [0.5, 0.6) is 0 Å². The number of benzene rings is 2. The predicted molar refractivity (Wildman–Crippen MR) is 142 cm³/mol. The molecule has 11 heteroatoms. The highest BCUT2D eigenvalue weighted by molar-refractivity contribution is 5.97. The third-order valence-corrected chi connectivity index (χ3v) is 7.16. The van der Waals surface area contributed by atoms with Crippen LogP contribution in [-0.4, -0.2) is 79.4 Å². The molecule has 0 aliphatic carbocycles. The smallest absolute Gasteiger partial charge is 0.369 e. The van der Waals surface area contributed by atoms with E-state index in [4.69, 9.17) is 0 Å². The highest BCUT2D eigenvalue weighted by Gasteiger charge is 2.36. The van der Waals surface area contributed by atoms with Crippen molar-refractivity contribution < 1.29 is 27.6 Å². The Morgan fingerprint density at radius 2 is 1.72 bits per heavy atom. The van der Waals surface area contributed by atoms with Crippen molar-refractivity contribution in [2.75, 3.05) is 56.0 Å². The van der Waals surface area contributed by atoms with Crippen molar-refractivity contribution in [1.29, 1.82) is 0 Å². The highest BCUT2D eigenvalue weighted by atomic mass is 19.4. The van der Waals surface area contributed by atoms with E-state index in [1.54, 1.807) is 6.07 Å². The van der Waals surface area contributed by atoms with Crippen LogP contribution in [-0.2, 0) is 20.6 Å². The summed E-state index contributed by atoms with van der Waals surface area (Å²) >= 11 is 0. The van der Waals surface area contributed by atoms with Gasteiger partial charge in [-0.05, 0) is 41.8 Å². The molecule has 0 saturated carbocycles. The molecule has 0 radical (unpaired) electrons. The first-order valence-electron chi connectivity index (χ1n) is 13.1. The molecule has 8 nitrogen and oxygen atoms in total. The van der Waals surface area contributed by atoms with Crippen molar-refractivity contribution in [3.63, 3.8) is 0 Å². The van der Waals surface area contributed by atoms with Gasteiger partial charge in [0, 0.05) is 50.6 Å². The Hall–Kier alpha value is -3.60. The van der Waals surface area contributed by atoms with E-state index in [0.717, 1.165) is 17.7 Å². The van der Waals surface area contributed by atoms with Gasteiger partial charge in [0.1, 0.15) is 6.04 Å². The molecule has 39 heavy (non-hydrogen) atoms. The monoisotopic (exact) mass is 545 g/mol. The Morgan fingerprint density at radius 1 is 1.03 bits per heavy atom. The van der Waals surface area contributed by atoms with Gasteiger partial charge >= 0.3 is 6.18 Å². The second kappa shape index (κ2) is 12.1. The van der Waals surface area contributed by atoms with Gasteiger partial charge in [-0.25, -0.2) is 0 Å². The third-order valence-electron chi connectivity index (χ3n) is 7.16. The third kappa shape index (κ3) is 7.29. The zero-order valence-corrected chi connectivity index (χ0v) is 22.1. The maximum atomic E-state index is 13.2. The predicted octanol–water partition coefficient (Wildman–Crippen LogP) is 3.31. The van der Waals surface area contributed by atoms with E-state index in [0.29, 0.717) is 56.6 Å². The number of piperazine rings is 2. The second-order valence-corrected chi connectivity index (χ2v) is 10.2. The molecule has 2 N–H and O–H groups in total. The molecule has 0 spiro atoms. The molecule has 0 unspecified atom stereocenters. The average Bonchev–Trinajstić information content (AvgIpc) is 2.90. The number of halogens is 3. The normalized spacial score (nSPS) is 18.7. The van der Waals surface area contributed by atoms with Gasteiger partial charge in [0.15, 0.2) is 0 Å². The quantitative estimate of drug-likeness (QED) is 0.558. The lowest BCUT2D eigenvalue weighted by molar-refractivity contribution is -0.145. The highest BCUT2D eigenvalue weighted by Crippen LogP contribution is 2.32. The van der Waals surface area contributed by atoms with Crippen LogP contribution in [0.25, 0.3) is 0 Å². The second-order valence-electron chi connectivity index (χ2n) is 10.2.